The number of hydrogen-bond acceptors (Lipinski definition) is 3. The van der Waals surface area contributed by atoms with E-state index in [-0.39, 0.29) is 5.56 Å². The molecule has 21 heavy (non-hydrogen) atoms. The Balaban J connectivity index is 2.17. The molecule has 0 aromatic carbocycles. The highest BCUT2D eigenvalue weighted by molar-refractivity contribution is 7.99. The lowest BCUT2D eigenvalue weighted by Crippen LogP contribution is -2.10. The smallest absolute Gasteiger partial charge is 0.251 e. The molecular formula is C17H30N2OS. The predicted molar refractivity (Wildman–Crippen MR) is 92.3 cm³/mol. The Hall–Kier alpha value is -0.770. The van der Waals surface area contributed by atoms with Crippen molar-refractivity contribution in [3.05, 3.63) is 22.1 Å². The van der Waals surface area contributed by atoms with Crippen molar-refractivity contribution >= 4 is 11.8 Å². The molecule has 1 heterocycles. The van der Waals surface area contributed by atoms with Crippen LogP contribution in [-0.2, 0) is 0 Å². The lowest BCUT2D eigenvalue weighted by atomic mass is 10.1. The molecule has 4 heteroatoms. The van der Waals surface area contributed by atoms with Gasteiger partial charge >= 0.3 is 0 Å². The van der Waals surface area contributed by atoms with Crippen molar-refractivity contribution in [3.8, 4) is 0 Å². The van der Waals surface area contributed by atoms with Crippen molar-refractivity contribution in [1.29, 1.82) is 0 Å². The Morgan fingerprint density at radius 2 is 1.71 bits per heavy atom. The first kappa shape index (κ1) is 18.3. The summed E-state index contributed by atoms with van der Waals surface area (Å²) in [6.45, 7) is 6.38. The number of H-pyrrole nitrogens is 1. The third kappa shape index (κ3) is 8.30. The van der Waals surface area contributed by atoms with Crippen LogP contribution in [0.2, 0.25) is 0 Å². The second-order valence-electron chi connectivity index (χ2n) is 5.95. The van der Waals surface area contributed by atoms with E-state index < -0.39 is 0 Å². The molecule has 1 rings (SSSR count). The van der Waals surface area contributed by atoms with Gasteiger partial charge in [-0.2, -0.15) is 0 Å². The van der Waals surface area contributed by atoms with Crippen molar-refractivity contribution in [2.75, 3.05) is 5.75 Å². The van der Waals surface area contributed by atoms with Crippen LogP contribution in [0, 0.1) is 0 Å². The highest BCUT2D eigenvalue weighted by atomic mass is 32.2. The van der Waals surface area contributed by atoms with Gasteiger partial charge < -0.3 is 4.98 Å². The van der Waals surface area contributed by atoms with Gasteiger partial charge in [-0.15, -0.1) is 0 Å². The maximum atomic E-state index is 11.6. The molecule has 0 aliphatic rings. The Labute approximate surface area is 133 Å². The maximum absolute atomic E-state index is 11.6. The van der Waals surface area contributed by atoms with E-state index in [4.69, 9.17) is 0 Å². The highest BCUT2D eigenvalue weighted by Gasteiger charge is 2.05. The van der Waals surface area contributed by atoms with E-state index in [1.165, 1.54) is 51.4 Å². The quantitative estimate of drug-likeness (QED) is 0.350. The van der Waals surface area contributed by atoms with Gasteiger partial charge in [0.1, 0.15) is 0 Å². The molecular weight excluding hydrogens is 280 g/mol. The Morgan fingerprint density at radius 3 is 2.33 bits per heavy atom. The van der Waals surface area contributed by atoms with Crippen LogP contribution in [0.5, 0.6) is 0 Å². The molecule has 1 aromatic rings. The third-order valence-corrected chi connectivity index (χ3v) is 4.53. The van der Waals surface area contributed by atoms with Gasteiger partial charge in [0.2, 0.25) is 0 Å². The molecule has 0 radical (unpaired) electrons. The predicted octanol–water partition coefficient (Wildman–Crippen LogP) is 5.13. The fourth-order valence-electron chi connectivity index (χ4n) is 2.22. The highest BCUT2D eigenvalue weighted by Crippen LogP contribution is 2.17. The SMILES string of the molecule is CCCCCCCCCCSc1nc(C(C)C)cc(=O)[nH]1. The standard InChI is InChI=1S/C17H30N2OS/c1-4-5-6-7-8-9-10-11-12-21-17-18-15(14(2)3)13-16(20)19-17/h13-14H,4-12H2,1-3H3,(H,18,19,20). The molecule has 0 fully saturated rings. The van der Waals surface area contributed by atoms with E-state index in [2.05, 4.69) is 30.7 Å². The van der Waals surface area contributed by atoms with E-state index in [0.717, 1.165) is 16.6 Å². The molecule has 1 aromatic heterocycles. The number of thioether (sulfide) groups is 1. The van der Waals surface area contributed by atoms with Crippen LogP contribution in [-0.4, -0.2) is 15.7 Å². The molecule has 3 nitrogen and oxygen atoms in total. The van der Waals surface area contributed by atoms with Gasteiger partial charge in [-0.05, 0) is 12.3 Å². The van der Waals surface area contributed by atoms with Crippen LogP contribution in [0.15, 0.2) is 16.0 Å². The summed E-state index contributed by atoms with van der Waals surface area (Å²) >= 11 is 1.67. The van der Waals surface area contributed by atoms with E-state index in [9.17, 15) is 4.79 Å². The topological polar surface area (TPSA) is 45.8 Å². The Kier molecular flexibility index (Phi) is 9.48. The van der Waals surface area contributed by atoms with Gasteiger partial charge in [0.05, 0.1) is 5.69 Å². The van der Waals surface area contributed by atoms with E-state index >= 15 is 0 Å². The summed E-state index contributed by atoms with van der Waals surface area (Å²) in [5.74, 6) is 1.34. The number of nitrogens with one attached hydrogen (secondary N) is 1. The fraction of sp³-hybridized carbons (Fsp3) is 0.765. The first-order valence-corrected chi connectivity index (χ1v) is 9.36. The number of aromatic amines is 1. The number of rotatable bonds is 11. The zero-order chi connectivity index (χ0) is 15.5. The molecule has 0 amide bonds. The van der Waals surface area contributed by atoms with Crippen molar-refractivity contribution in [2.24, 2.45) is 0 Å². The van der Waals surface area contributed by atoms with Crippen LogP contribution >= 0.6 is 11.8 Å². The molecule has 0 saturated carbocycles. The average Bonchev–Trinajstić information content (AvgIpc) is 2.45. The van der Waals surface area contributed by atoms with Crippen molar-refractivity contribution < 1.29 is 0 Å². The average molecular weight is 311 g/mol. The summed E-state index contributed by atoms with van der Waals surface area (Å²) in [7, 11) is 0. The molecule has 0 atom stereocenters. The first-order chi connectivity index (χ1) is 10.1. The molecule has 0 aliphatic carbocycles. The second kappa shape index (κ2) is 10.9. The molecule has 120 valence electrons. The summed E-state index contributed by atoms with van der Waals surface area (Å²) in [5.41, 5.74) is 0.851. The van der Waals surface area contributed by atoms with Crippen molar-refractivity contribution in [3.63, 3.8) is 0 Å². The van der Waals surface area contributed by atoms with Gasteiger partial charge in [-0.1, -0.05) is 77.5 Å². The number of aromatic nitrogens is 2. The van der Waals surface area contributed by atoms with E-state index in [0.29, 0.717) is 5.92 Å². The molecule has 0 unspecified atom stereocenters. The summed E-state index contributed by atoms with van der Waals surface area (Å²) in [4.78, 5) is 18.9. The number of unbranched alkanes of at least 4 members (excludes halogenated alkanes) is 7. The van der Waals surface area contributed by atoms with Gasteiger partial charge in [-0.25, -0.2) is 4.98 Å². The zero-order valence-corrected chi connectivity index (χ0v) is 14.6. The third-order valence-electron chi connectivity index (χ3n) is 3.57. The van der Waals surface area contributed by atoms with E-state index in [1.807, 2.05) is 0 Å². The molecule has 1 N–H and O–H groups in total. The van der Waals surface area contributed by atoms with Gasteiger partial charge in [-0.3, -0.25) is 4.79 Å². The number of hydrogen-bond donors (Lipinski definition) is 1. The first-order valence-electron chi connectivity index (χ1n) is 8.37. The summed E-state index contributed by atoms with van der Waals surface area (Å²) in [6, 6.07) is 1.60. The molecule has 0 bridgehead atoms. The normalized spacial score (nSPS) is 11.2. The zero-order valence-electron chi connectivity index (χ0n) is 13.8. The van der Waals surface area contributed by atoms with Crippen LogP contribution in [0.25, 0.3) is 0 Å². The Morgan fingerprint density at radius 1 is 1.10 bits per heavy atom. The Bertz CT molecular complexity index is 443. The lowest BCUT2D eigenvalue weighted by Gasteiger charge is -2.06. The van der Waals surface area contributed by atoms with E-state index in [1.54, 1.807) is 17.8 Å². The largest absolute Gasteiger partial charge is 0.301 e. The van der Waals surface area contributed by atoms with Gasteiger partial charge in [0, 0.05) is 11.8 Å². The number of nitrogens with zero attached hydrogens (tertiary/aromatic N) is 1. The second-order valence-corrected chi connectivity index (χ2v) is 7.04. The minimum atomic E-state index is -0.0351. The van der Waals surface area contributed by atoms with Crippen LogP contribution in [0.1, 0.15) is 83.7 Å². The van der Waals surface area contributed by atoms with Crippen molar-refractivity contribution in [1.82, 2.24) is 9.97 Å². The van der Waals surface area contributed by atoms with Crippen LogP contribution in [0.3, 0.4) is 0 Å². The molecule has 0 aliphatic heterocycles. The maximum Gasteiger partial charge on any atom is 0.251 e. The minimum Gasteiger partial charge on any atom is -0.301 e. The minimum absolute atomic E-state index is 0.0351. The summed E-state index contributed by atoms with van der Waals surface area (Å²) in [5, 5.41) is 0.772. The monoisotopic (exact) mass is 310 g/mol. The van der Waals surface area contributed by atoms with Crippen LogP contribution < -0.4 is 5.56 Å². The lowest BCUT2D eigenvalue weighted by molar-refractivity contribution is 0.586. The van der Waals surface area contributed by atoms with Gasteiger partial charge in [0.15, 0.2) is 5.16 Å². The van der Waals surface area contributed by atoms with Crippen molar-refractivity contribution in [2.45, 2.75) is 83.2 Å². The molecule has 0 saturated heterocycles. The summed E-state index contributed by atoms with van der Waals surface area (Å²) < 4.78 is 0. The van der Waals surface area contributed by atoms with Crippen LogP contribution in [0.4, 0.5) is 0 Å². The van der Waals surface area contributed by atoms with Gasteiger partial charge in [0.25, 0.3) is 5.56 Å². The summed E-state index contributed by atoms with van der Waals surface area (Å²) in [6.07, 6.45) is 10.6. The fourth-order valence-corrected chi connectivity index (χ4v) is 3.11. The molecule has 0 spiro atoms.